The van der Waals surface area contributed by atoms with Gasteiger partial charge in [0.1, 0.15) is 0 Å². The number of carboxylic acids is 4. The van der Waals surface area contributed by atoms with Gasteiger partial charge in [0, 0.05) is 31.9 Å². The third-order valence-corrected chi connectivity index (χ3v) is 3.69. The van der Waals surface area contributed by atoms with E-state index in [0.717, 1.165) is 19.8 Å². The Bertz CT molecular complexity index is 606. The maximum Gasteiger partial charge on any atom is 0.414 e. The van der Waals surface area contributed by atoms with Crippen LogP contribution in [0.5, 0.6) is 0 Å². The summed E-state index contributed by atoms with van der Waals surface area (Å²) in [5, 5.41) is 33.0. The van der Waals surface area contributed by atoms with Gasteiger partial charge in [0.15, 0.2) is 0 Å². The fraction of sp³-hybridized carbons (Fsp3) is 0.444. The molecule has 11 nitrogen and oxygen atoms in total. The number of aliphatic carboxylic acids is 4. The smallest absolute Gasteiger partial charge is 0.414 e. The molecule has 162 valence electrons. The Morgan fingerprint density at radius 2 is 1.34 bits per heavy atom. The molecule has 1 aliphatic heterocycles. The van der Waals surface area contributed by atoms with Crippen molar-refractivity contribution in [2.24, 2.45) is 0 Å². The number of benzene rings is 1. The zero-order chi connectivity index (χ0) is 22.2. The fourth-order valence-electron chi connectivity index (χ4n) is 2.30. The molecule has 1 aromatic carbocycles. The van der Waals surface area contributed by atoms with Crippen LogP contribution in [0, 0.1) is 0 Å². The lowest BCUT2D eigenvalue weighted by molar-refractivity contribution is -0.159. The maximum absolute atomic E-state index is 9.10. The topological polar surface area (TPSA) is 168 Å². The number of carbonyl (C=O) groups is 4. The molecule has 1 aliphatic rings. The Morgan fingerprint density at radius 3 is 1.79 bits per heavy atom. The highest BCUT2D eigenvalue weighted by molar-refractivity contribution is 6.27. The van der Waals surface area contributed by atoms with E-state index >= 15 is 0 Å². The zero-order valence-electron chi connectivity index (χ0n) is 16.2. The number of carboxylic acid groups (broad SMARTS) is 4. The fourth-order valence-corrected chi connectivity index (χ4v) is 2.30. The van der Waals surface area contributed by atoms with Crippen molar-refractivity contribution in [3.05, 3.63) is 30.3 Å². The van der Waals surface area contributed by atoms with Crippen LogP contribution < -0.4 is 5.32 Å². The molecule has 0 radical (unpaired) electrons. The molecule has 1 heterocycles. The summed E-state index contributed by atoms with van der Waals surface area (Å²) >= 11 is 0. The van der Waals surface area contributed by atoms with Gasteiger partial charge in [0.2, 0.25) is 0 Å². The van der Waals surface area contributed by atoms with Crippen LogP contribution in [0.3, 0.4) is 0 Å². The summed E-state index contributed by atoms with van der Waals surface area (Å²) in [5.41, 5.74) is 1.22. The molecular weight excluding hydrogens is 386 g/mol. The van der Waals surface area contributed by atoms with Crippen LogP contribution in [0.2, 0.25) is 0 Å². The Labute approximate surface area is 168 Å². The third kappa shape index (κ3) is 13.6. The maximum atomic E-state index is 9.10. The first-order chi connectivity index (χ1) is 13.7. The van der Waals surface area contributed by atoms with E-state index in [2.05, 4.69) is 52.4 Å². The lowest BCUT2D eigenvalue weighted by atomic mass is 10.3. The molecule has 0 saturated carbocycles. The van der Waals surface area contributed by atoms with E-state index in [4.69, 9.17) is 39.6 Å². The Hall–Kier alpha value is -3.18. The molecule has 0 aliphatic carbocycles. The van der Waals surface area contributed by atoms with Gasteiger partial charge in [-0.3, -0.25) is 9.80 Å². The molecule has 1 saturated heterocycles. The molecule has 0 spiro atoms. The summed E-state index contributed by atoms with van der Waals surface area (Å²) in [4.78, 5) is 41.4. The van der Waals surface area contributed by atoms with E-state index in [-0.39, 0.29) is 0 Å². The molecule has 11 heteroatoms. The number of rotatable bonds is 5. The quantitative estimate of drug-likeness (QED) is 0.424. The predicted molar refractivity (Wildman–Crippen MR) is 104 cm³/mol. The molecule has 1 aromatic rings. The van der Waals surface area contributed by atoms with Gasteiger partial charge in [-0.2, -0.15) is 0 Å². The van der Waals surface area contributed by atoms with E-state index < -0.39 is 23.9 Å². The van der Waals surface area contributed by atoms with Gasteiger partial charge in [-0.15, -0.1) is 0 Å². The van der Waals surface area contributed by atoms with Crippen molar-refractivity contribution in [2.45, 2.75) is 13.3 Å². The Balaban J connectivity index is 0.000000542. The van der Waals surface area contributed by atoms with Crippen molar-refractivity contribution in [2.75, 3.05) is 44.7 Å². The molecule has 2 rings (SSSR count). The summed E-state index contributed by atoms with van der Waals surface area (Å²) in [7, 11) is 0. The lowest BCUT2D eigenvalue weighted by Gasteiger charge is -2.34. The van der Waals surface area contributed by atoms with Crippen LogP contribution in [0.15, 0.2) is 30.3 Å². The lowest BCUT2D eigenvalue weighted by Crippen LogP contribution is -2.46. The van der Waals surface area contributed by atoms with E-state index in [1.807, 2.05) is 0 Å². The highest BCUT2D eigenvalue weighted by atomic mass is 16.4. The number of anilines is 1. The molecule has 0 bridgehead atoms. The van der Waals surface area contributed by atoms with Crippen LogP contribution in [0.1, 0.15) is 13.3 Å². The number of nitrogens with zero attached hydrogens (tertiary/aromatic N) is 2. The van der Waals surface area contributed by atoms with Crippen LogP contribution in [0.4, 0.5) is 5.69 Å². The second-order valence-electron chi connectivity index (χ2n) is 5.84. The van der Waals surface area contributed by atoms with Crippen LogP contribution in [-0.2, 0) is 19.2 Å². The van der Waals surface area contributed by atoms with Crippen molar-refractivity contribution in [1.29, 1.82) is 0 Å². The van der Waals surface area contributed by atoms with Gasteiger partial charge in [0.25, 0.3) is 0 Å². The van der Waals surface area contributed by atoms with Gasteiger partial charge >= 0.3 is 23.9 Å². The van der Waals surface area contributed by atoms with Crippen molar-refractivity contribution in [3.63, 3.8) is 0 Å². The van der Waals surface area contributed by atoms with Crippen LogP contribution in [0.25, 0.3) is 0 Å². The van der Waals surface area contributed by atoms with E-state index in [9.17, 15) is 0 Å². The van der Waals surface area contributed by atoms with Crippen molar-refractivity contribution in [1.82, 2.24) is 9.80 Å². The summed E-state index contributed by atoms with van der Waals surface area (Å²) < 4.78 is 0. The monoisotopic (exact) mass is 413 g/mol. The Kier molecular flexibility index (Phi) is 13.2. The minimum atomic E-state index is -1.82. The third-order valence-electron chi connectivity index (χ3n) is 3.69. The average molecular weight is 413 g/mol. The highest BCUT2D eigenvalue weighted by Gasteiger charge is 2.14. The van der Waals surface area contributed by atoms with Crippen molar-refractivity contribution in [3.8, 4) is 0 Å². The summed E-state index contributed by atoms with van der Waals surface area (Å²) in [5.74, 6) is -7.30. The molecule has 29 heavy (non-hydrogen) atoms. The summed E-state index contributed by atoms with van der Waals surface area (Å²) in [6.45, 7) is 9.21. The van der Waals surface area contributed by atoms with Gasteiger partial charge in [-0.25, -0.2) is 19.2 Å². The second-order valence-corrected chi connectivity index (χ2v) is 5.84. The molecule has 0 amide bonds. The molecule has 0 atom stereocenters. The van der Waals surface area contributed by atoms with E-state index in [1.165, 1.54) is 31.7 Å². The summed E-state index contributed by atoms with van der Waals surface area (Å²) in [6.07, 6.45) is 1.30. The molecule has 0 unspecified atom stereocenters. The normalized spacial score (nSPS) is 13.7. The molecule has 0 aromatic heterocycles. The second kappa shape index (κ2) is 14.8. The minimum absolute atomic E-state index is 1.03. The predicted octanol–water partition coefficient (Wildman–Crippen LogP) is 0.395. The zero-order valence-corrected chi connectivity index (χ0v) is 16.2. The number of nitrogens with one attached hydrogen (secondary N) is 1. The standard InChI is InChI=1S/C14H23N3.2C2H2O4/c1-2-16-10-6-11-17(13-16)12-9-15-14-7-4-3-5-8-14;2*3-1(4)2(5)6/h3-5,7-8,15H,2,6,9-13H2,1H3;2*(H,3,4)(H,5,6). The highest BCUT2D eigenvalue weighted by Crippen LogP contribution is 2.07. The molecular formula is C18H27N3O8. The Morgan fingerprint density at radius 1 is 0.862 bits per heavy atom. The van der Waals surface area contributed by atoms with Gasteiger partial charge in [0.05, 0.1) is 6.67 Å². The van der Waals surface area contributed by atoms with Crippen LogP contribution >= 0.6 is 0 Å². The number of para-hydroxylation sites is 1. The van der Waals surface area contributed by atoms with E-state index in [0.29, 0.717) is 0 Å². The average Bonchev–Trinajstić information content (AvgIpc) is 2.70. The van der Waals surface area contributed by atoms with Gasteiger partial charge in [-0.1, -0.05) is 25.1 Å². The largest absolute Gasteiger partial charge is 0.473 e. The number of hydrogen-bond donors (Lipinski definition) is 5. The number of hydrogen-bond acceptors (Lipinski definition) is 7. The SMILES string of the molecule is CCN1CCCN(CCNc2ccccc2)C1.O=C(O)C(=O)O.O=C(O)C(=O)O. The van der Waals surface area contributed by atoms with E-state index in [1.54, 1.807) is 0 Å². The van der Waals surface area contributed by atoms with Crippen molar-refractivity contribution < 1.29 is 39.6 Å². The van der Waals surface area contributed by atoms with Gasteiger partial charge in [-0.05, 0) is 25.1 Å². The van der Waals surface area contributed by atoms with Crippen molar-refractivity contribution >= 4 is 29.6 Å². The first-order valence-corrected chi connectivity index (χ1v) is 8.83. The van der Waals surface area contributed by atoms with Crippen LogP contribution in [-0.4, -0.2) is 93.5 Å². The van der Waals surface area contributed by atoms with Gasteiger partial charge < -0.3 is 25.7 Å². The molecule has 5 N–H and O–H groups in total. The minimum Gasteiger partial charge on any atom is -0.473 e. The first kappa shape index (κ1) is 25.8. The molecule has 1 fully saturated rings. The first-order valence-electron chi connectivity index (χ1n) is 8.83. The summed E-state index contributed by atoms with van der Waals surface area (Å²) in [6, 6.07) is 10.4.